The van der Waals surface area contributed by atoms with Gasteiger partial charge in [0.1, 0.15) is 18.1 Å². The molecule has 1 rings (SSSR count). The van der Waals surface area contributed by atoms with Crippen molar-refractivity contribution in [3.63, 3.8) is 0 Å². The van der Waals surface area contributed by atoms with E-state index in [9.17, 15) is 28.8 Å². The highest BCUT2D eigenvalue weighted by molar-refractivity contribution is 5.94. The Hall–Kier alpha value is -4.01. The van der Waals surface area contributed by atoms with E-state index in [-0.39, 0.29) is 19.3 Å². The summed E-state index contributed by atoms with van der Waals surface area (Å²) in [5, 5.41) is 16.0. The maximum absolute atomic E-state index is 12.8. The van der Waals surface area contributed by atoms with Gasteiger partial charge in [0.05, 0.1) is 18.8 Å². The molecule has 33 heavy (non-hydrogen) atoms. The SMILES string of the molecule is CC(NC(=O)C(Cc1cnc[nH]1)NC(=O)C(N)CCC(N)=O)C(=O)NC(CC(N)=O)C(=O)O. The molecule has 0 radical (unpaired) electrons. The summed E-state index contributed by atoms with van der Waals surface area (Å²) in [6.45, 7) is 1.28. The molecule has 0 aliphatic heterocycles. The zero-order valence-electron chi connectivity index (χ0n) is 17.9. The van der Waals surface area contributed by atoms with Gasteiger partial charge in [0.2, 0.25) is 29.5 Å². The standard InChI is InChI=1S/C18H28N8O7/c1-8(15(29)26-12(18(32)33)5-14(21)28)24-17(31)11(4-9-6-22-7-23-9)25-16(30)10(19)2-3-13(20)27/h6-8,10-12H,2-5,19H2,1H3,(H2,20,27)(H2,21,28)(H,22,23)(H,24,31)(H,25,30)(H,26,29)(H,32,33). The number of aliphatic carboxylic acids is 1. The third-order valence-corrected chi connectivity index (χ3v) is 4.42. The predicted molar refractivity (Wildman–Crippen MR) is 112 cm³/mol. The van der Waals surface area contributed by atoms with Crippen LogP contribution in [0.25, 0.3) is 0 Å². The number of aromatic amines is 1. The largest absolute Gasteiger partial charge is 0.480 e. The van der Waals surface area contributed by atoms with Gasteiger partial charge in [-0.3, -0.25) is 24.0 Å². The van der Waals surface area contributed by atoms with E-state index in [4.69, 9.17) is 22.3 Å². The molecule has 11 N–H and O–H groups in total. The third-order valence-electron chi connectivity index (χ3n) is 4.42. The van der Waals surface area contributed by atoms with Gasteiger partial charge in [-0.25, -0.2) is 9.78 Å². The quantitative estimate of drug-likeness (QED) is 0.132. The van der Waals surface area contributed by atoms with Crippen LogP contribution >= 0.6 is 0 Å². The Kier molecular flexibility index (Phi) is 10.4. The minimum Gasteiger partial charge on any atom is -0.480 e. The van der Waals surface area contributed by atoms with Crippen molar-refractivity contribution >= 4 is 35.5 Å². The Morgan fingerprint density at radius 1 is 1.00 bits per heavy atom. The highest BCUT2D eigenvalue weighted by Gasteiger charge is 2.29. The molecule has 0 saturated carbocycles. The number of carboxylic acid groups (broad SMARTS) is 1. The van der Waals surface area contributed by atoms with Crippen LogP contribution in [0.15, 0.2) is 12.5 Å². The number of nitrogens with one attached hydrogen (secondary N) is 4. The zero-order chi connectivity index (χ0) is 25.1. The van der Waals surface area contributed by atoms with Crippen molar-refractivity contribution in [3.8, 4) is 0 Å². The summed E-state index contributed by atoms with van der Waals surface area (Å²) in [5.74, 6) is -5.43. The fourth-order valence-electron chi connectivity index (χ4n) is 2.61. The maximum atomic E-state index is 12.8. The molecule has 1 aromatic rings. The van der Waals surface area contributed by atoms with Crippen LogP contribution in [0, 0.1) is 0 Å². The van der Waals surface area contributed by atoms with Gasteiger partial charge < -0.3 is 43.2 Å². The van der Waals surface area contributed by atoms with Gasteiger partial charge in [0.15, 0.2) is 0 Å². The number of amides is 5. The number of carboxylic acids is 1. The van der Waals surface area contributed by atoms with Gasteiger partial charge >= 0.3 is 5.97 Å². The average Bonchev–Trinajstić information content (AvgIpc) is 3.23. The first-order valence-corrected chi connectivity index (χ1v) is 9.84. The number of nitrogens with two attached hydrogens (primary N) is 3. The van der Waals surface area contributed by atoms with Crippen molar-refractivity contribution in [3.05, 3.63) is 18.2 Å². The highest BCUT2D eigenvalue weighted by atomic mass is 16.4. The molecular weight excluding hydrogens is 440 g/mol. The van der Waals surface area contributed by atoms with Crippen molar-refractivity contribution in [2.45, 2.75) is 56.8 Å². The van der Waals surface area contributed by atoms with Crippen molar-refractivity contribution < 1.29 is 33.9 Å². The van der Waals surface area contributed by atoms with Gasteiger partial charge in [0, 0.05) is 24.7 Å². The van der Waals surface area contributed by atoms with E-state index in [1.165, 1.54) is 19.4 Å². The van der Waals surface area contributed by atoms with E-state index >= 15 is 0 Å². The second-order valence-electron chi connectivity index (χ2n) is 7.25. The summed E-state index contributed by atoms with van der Waals surface area (Å²) in [7, 11) is 0. The fraction of sp³-hybridized carbons (Fsp3) is 0.500. The summed E-state index contributed by atoms with van der Waals surface area (Å²) in [4.78, 5) is 77.0. The lowest BCUT2D eigenvalue weighted by molar-refractivity contribution is -0.143. The number of aromatic nitrogens is 2. The first-order chi connectivity index (χ1) is 15.4. The summed E-state index contributed by atoms with van der Waals surface area (Å²) in [6.07, 6.45) is 1.97. The fourth-order valence-corrected chi connectivity index (χ4v) is 2.61. The van der Waals surface area contributed by atoms with E-state index in [2.05, 4.69) is 25.9 Å². The summed E-state index contributed by atoms with van der Waals surface area (Å²) < 4.78 is 0. The van der Waals surface area contributed by atoms with Gasteiger partial charge in [0.25, 0.3) is 0 Å². The van der Waals surface area contributed by atoms with Gasteiger partial charge in [-0.15, -0.1) is 0 Å². The molecule has 0 aromatic carbocycles. The lowest BCUT2D eigenvalue weighted by Gasteiger charge is -2.23. The van der Waals surface area contributed by atoms with Crippen LogP contribution in [0.1, 0.15) is 31.9 Å². The molecule has 4 unspecified atom stereocenters. The second kappa shape index (κ2) is 12.7. The Morgan fingerprint density at radius 2 is 1.64 bits per heavy atom. The van der Waals surface area contributed by atoms with Gasteiger partial charge in [-0.2, -0.15) is 0 Å². The molecule has 0 spiro atoms. The molecule has 0 aliphatic rings. The van der Waals surface area contributed by atoms with Crippen molar-refractivity contribution in [2.75, 3.05) is 0 Å². The number of H-pyrrole nitrogens is 1. The monoisotopic (exact) mass is 468 g/mol. The molecule has 1 aromatic heterocycles. The number of hydrogen-bond acceptors (Lipinski definition) is 8. The van der Waals surface area contributed by atoms with Crippen molar-refractivity contribution in [2.24, 2.45) is 17.2 Å². The Bertz CT molecular complexity index is 873. The first-order valence-electron chi connectivity index (χ1n) is 9.84. The Morgan fingerprint density at radius 3 is 2.15 bits per heavy atom. The molecule has 15 heteroatoms. The second-order valence-corrected chi connectivity index (χ2v) is 7.25. The number of hydrogen-bond donors (Lipinski definition) is 8. The lowest BCUT2D eigenvalue weighted by Crippen LogP contribution is -2.57. The number of nitrogens with zero attached hydrogens (tertiary/aromatic N) is 1. The number of imidazole rings is 1. The topological polar surface area (TPSA) is 265 Å². The Balaban J connectivity index is 2.84. The van der Waals surface area contributed by atoms with Crippen LogP contribution < -0.4 is 33.2 Å². The van der Waals surface area contributed by atoms with Crippen LogP contribution in [-0.2, 0) is 35.2 Å². The molecule has 0 saturated heterocycles. The van der Waals surface area contributed by atoms with Gasteiger partial charge in [-0.1, -0.05) is 0 Å². The van der Waals surface area contributed by atoms with Gasteiger partial charge in [-0.05, 0) is 13.3 Å². The number of primary amides is 2. The minimum atomic E-state index is -1.57. The molecule has 0 fully saturated rings. The molecule has 5 amide bonds. The minimum absolute atomic E-state index is 0.0329. The number of carbonyl (C=O) groups is 6. The maximum Gasteiger partial charge on any atom is 0.326 e. The average molecular weight is 468 g/mol. The van der Waals surface area contributed by atoms with E-state index in [1.807, 2.05) is 0 Å². The van der Waals surface area contributed by atoms with E-state index in [0.29, 0.717) is 5.69 Å². The van der Waals surface area contributed by atoms with Crippen molar-refractivity contribution in [1.29, 1.82) is 0 Å². The molecule has 0 bridgehead atoms. The van der Waals surface area contributed by atoms with E-state index in [1.54, 1.807) is 0 Å². The number of carbonyl (C=O) groups excluding carboxylic acids is 5. The molecular formula is C18H28N8O7. The summed E-state index contributed by atoms with van der Waals surface area (Å²) in [6, 6.07) is -5.09. The zero-order valence-corrected chi connectivity index (χ0v) is 17.9. The predicted octanol–water partition coefficient (Wildman–Crippen LogP) is -4.02. The van der Waals surface area contributed by atoms with Crippen LogP contribution in [0.3, 0.4) is 0 Å². The van der Waals surface area contributed by atoms with E-state index < -0.39 is 66.1 Å². The van der Waals surface area contributed by atoms with Crippen molar-refractivity contribution in [1.82, 2.24) is 25.9 Å². The smallest absolute Gasteiger partial charge is 0.326 e. The van der Waals surface area contributed by atoms with Crippen LogP contribution in [-0.4, -0.2) is 74.7 Å². The summed E-state index contributed by atoms with van der Waals surface area (Å²) >= 11 is 0. The molecule has 15 nitrogen and oxygen atoms in total. The van der Waals surface area contributed by atoms with Crippen LogP contribution in [0.5, 0.6) is 0 Å². The molecule has 1 heterocycles. The molecule has 4 atom stereocenters. The molecule has 0 aliphatic carbocycles. The first kappa shape index (κ1) is 27.0. The number of rotatable bonds is 14. The normalized spacial score (nSPS) is 14.2. The van der Waals surface area contributed by atoms with Crippen LogP contribution in [0.4, 0.5) is 0 Å². The highest BCUT2D eigenvalue weighted by Crippen LogP contribution is 2.03. The molecule has 182 valence electrons. The van der Waals surface area contributed by atoms with E-state index in [0.717, 1.165) is 0 Å². The summed E-state index contributed by atoms with van der Waals surface area (Å²) in [5.41, 5.74) is 16.2. The van der Waals surface area contributed by atoms with Crippen LogP contribution in [0.2, 0.25) is 0 Å². The Labute approximate surface area is 188 Å². The lowest BCUT2D eigenvalue weighted by atomic mass is 10.1. The third kappa shape index (κ3) is 9.77.